The van der Waals surface area contributed by atoms with Crippen molar-refractivity contribution in [3.8, 4) is 0 Å². The molecule has 0 spiro atoms. The summed E-state index contributed by atoms with van der Waals surface area (Å²) in [6.45, 7) is 6.99. The molecule has 32 heavy (non-hydrogen) atoms. The predicted molar refractivity (Wildman–Crippen MR) is 125 cm³/mol. The molecule has 0 bridgehead atoms. The zero-order valence-corrected chi connectivity index (χ0v) is 19.8. The van der Waals surface area contributed by atoms with Gasteiger partial charge in [-0.3, -0.25) is 19.7 Å². The monoisotopic (exact) mass is 448 g/mol. The first kappa shape index (κ1) is 27.6. The molecular weight excluding hydrogens is 408 g/mol. The SMILES string of the molecule is CC.CCOC(=O)C(CCc1ccccc1)NCC(=O)N1CCC2CCCCC21.O=CO. The Hall–Kier alpha value is -2.41. The normalized spacial score (nSPS) is 19.9. The minimum Gasteiger partial charge on any atom is -0.483 e. The Labute approximate surface area is 192 Å². The van der Waals surface area contributed by atoms with Crippen molar-refractivity contribution in [2.45, 2.75) is 77.8 Å². The predicted octanol–water partition coefficient (Wildman–Crippen LogP) is 3.66. The number of carbonyl (C=O) groups is 3. The third kappa shape index (κ3) is 8.99. The number of carboxylic acid groups (broad SMARTS) is 1. The molecule has 3 atom stereocenters. The van der Waals surface area contributed by atoms with Crippen molar-refractivity contribution < 1.29 is 24.2 Å². The highest BCUT2D eigenvalue weighted by Crippen LogP contribution is 2.36. The van der Waals surface area contributed by atoms with Crippen LogP contribution in [0, 0.1) is 5.92 Å². The van der Waals surface area contributed by atoms with Gasteiger partial charge in [0.2, 0.25) is 5.91 Å². The van der Waals surface area contributed by atoms with Gasteiger partial charge < -0.3 is 14.7 Å². The Balaban J connectivity index is 0.000000944. The van der Waals surface area contributed by atoms with E-state index in [1.54, 1.807) is 0 Å². The van der Waals surface area contributed by atoms with E-state index in [1.807, 2.05) is 39.0 Å². The molecule has 0 aromatic heterocycles. The van der Waals surface area contributed by atoms with E-state index in [-0.39, 0.29) is 24.9 Å². The Bertz CT molecular complexity index is 668. The number of likely N-dealkylation sites (tertiary alicyclic amines) is 1. The summed E-state index contributed by atoms with van der Waals surface area (Å²) in [5.74, 6) is 0.540. The molecule has 1 aromatic rings. The molecule has 1 aliphatic carbocycles. The van der Waals surface area contributed by atoms with E-state index in [0.717, 1.165) is 25.8 Å². The van der Waals surface area contributed by atoms with E-state index < -0.39 is 6.04 Å². The molecule has 1 saturated heterocycles. The van der Waals surface area contributed by atoms with Crippen molar-refractivity contribution in [2.24, 2.45) is 5.92 Å². The summed E-state index contributed by atoms with van der Waals surface area (Å²) in [4.78, 5) is 35.5. The first-order valence-electron chi connectivity index (χ1n) is 11.9. The molecule has 2 N–H and O–H groups in total. The highest BCUT2D eigenvalue weighted by Gasteiger charge is 2.38. The zero-order valence-electron chi connectivity index (χ0n) is 19.8. The third-order valence-electron chi connectivity index (χ3n) is 5.97. The van der Waals surface area contributed by atoms with E-state index in [0.29, 0.717) is 25.0 Å². The molecule has 1 aliphatic heterocycles. The molecule has 1 aromatic carbocycles. The molecular formula is C25H40N2O5. The van der Waals surface area contributed by atoms with Crippen LogP contribution < -0.4 is 5.32 Å². The fraction of sp³-hybridized carbons (Fsp3) is 0.640. The molecule has 7 heteroatoms. The number of benzene rings is 1. The standard InChI is InChI=1S/C22H32N2O3.C2H6.CH2O2/c1-2-27-22(26)19(13-12-17-8-4-3-5-9-17)23-16-21(25)24-15-14-18-10-6-7-11-20(18)24;1-2;2-1-3/h3-5,8-9,18-20,23H,2,6-7,10-16H2,1H3;1-2H3;1H,(H,2,3). The highest BCUT2D eigenvalue weighted by molar-refractivity contribution is 5.81. The number of aryl methyl sites for hydroxylation is 1. The molecule has 1 amide bonds. The van der Waals surface area contributed by atoms with Gasteiger partial charge in [0, 0.05) is 12.6 Å². The number of hydrogen-bond donors (Lipinski definition) is 2. The fourth-order valence-electron chi connectivity index (χ4n) is 4.53. The van der Waals surface area contributed by atoms with Crippen LogP contribution in [0.1, 0.15) is 64.9 Å². The average Bonchev–Trinajstić information content (AvgIpc) is 3.26. The minimum atomic E-state index is -0.445. The maximum Gasteiger partial charge on any atom is 0.323 e. The van der Waals surface area contributed by atoms with Crippen LogP contribution in [-0.4, -0.2) is 60.1 Å². The summed E-state index contributed by atoms with van der Waals surface area (Å²) in [5, 5.41) is 10.1. The van der Waals surface area contributed by atoms with Crippen LogP contribution in [0.2, 0.25) is 0 Å². The van der Waals surface area contributed by atoms with Crippen molar-refractivity contribution in [1.29, 1.82) is 0 Å². The van der Waals surface area contributed by atoms with Crippen molar-refractivity contribution in [3.05, 3.63) is 35.9 Å². The van der Waals surface area contributed by atoms with Crippen LogP contribution in [-0.2, 0) is 25.5 Å². The van der Waals surface area contributed by atoms with Crippen LogP contribution in [0.25, 0.3) is 0 Å². The van der Waals surface area contributed by atoms with Crippen molar-refractivity contribution in [1.82, 2.24) is 10.2 Å². The van der Waals surface area contributed by atoms with Gasteiger partial charge in [-0.05, 0) is 50.5 Å². The summed E-state index contributed by atoms with van der Waals surface area (Å²) in [6, 6.07) is 10.1. The van der Waals surface area contributed by atoms with Gasteiger partial charge in [0.25, 0.3) is 6.47 Å². The second-order valence-electron chi connectivity index (χ2n) is 7.80. The lowest BCUT2D eigenvalue weighted by atomic mass is 9.85. The van der Waals surface area contributed by atoms with Gasteiger partial charge in [-0.25, -0.2) is 0 Å². The maximum absolute atomic E-state index is 12.8. The number of nitrogens with zero attached hydrogens (tertiary/aromatic N) is 1. The van der Waals surface area contributed by atoms with Crippen molar-refractivity contribution in [3.63, 3.8) is 0 Å². The van der Waals surface area contributed by atoms with Gasteiger partial charge in [0.1, 0.15) is 6.04 Å². The number of hydrogen-bond acceptors (Lipinski definition) is 5. The van der Waals surface area contributed by atoms with E-state index in [1.165, 1.54) is 24.8 Å². The molecule has 180 valence electrons. The summed E-state index contributed by atoms with van der Waals surface area (Å²) in [6.07, 6.45) is 7.44. The molecule has 2 aliphatic rings. The number of fused-ring (bicyclic) bond motifs is 1. The third-order valence-corrected chi connectivity index (χ3v) is 5.97. The minimum absolute atomic E-state index is 0.124. The smallest absolute Gasteiger partial charge is 0.323 e. The van der Waals surface area contributed by atoms with Crippen LogP contribution in [0.5, 0.6) is 0 Å². The lowest BCUT2D eigenvalue weighted by molar-refractivity contribution is -0.146. The second-order valence-corrected chi connectivity index (χ2v) is 7.80. The van der Waals surface area contributed by atoms with E-state index in [4.69, 9.17) is 14.6 Å². The van der Waals surface area contributed by atoms with Gasteiger partial charge in [-0.15, -0.1) is 0 Å². The number of rotatable bonds is 8. The Morgan fingerprint density at radius 1 is 1.19 bits per heavy atom. The highest BCUT2D eigenvalue weighted by atomic mass is 16.5. The number of amides is 1. The lowest BCUT2D eigenvalue weighted by Gasteiger charge is -2.32. The van der Waals surface area contributed by atoms with Gasteiger partial charge >= 0.3 is 5.97 Å². The lowest BCUT2D eigenvalue weighted by Crippen LogP contribution is -2.47. The quantitative estimate of drug-likeness (QED) is 0.465. The molecule has 1 heterocycles. The number of ether oxygens (including phenoxy) is 1. The van der Waals surface area contributed by atoms with Gasteiger partial charge in [-0.2, -0.15) is 0 Å². The van der Waals surface area contributed by atoms with Crippen LogP contribution >= 0.6 is 0 Å². The zero-order chi connectivity index (χ0) is 23.8. The summed E-state index contributed by atoms with van der Waals surface area (Å²) in [5.41, 5.74) is 1.18. The van der Waals surface area contributed by atoms with Crippen molar-refractivity contribution in [2.75, 3.05) is 19.7 Å². The number of esters is 1. The summed E-state index contributed by atoms with van der Waals surface area (Å²) < 4.78 is 5.21. The van der Waals surface area contributed by atoms with Crippen molar-refractivity contribution >= 4 is 18.3 Å². The topological polar surface area (TPSA) is 95.9 Å². The maximum atomic E-state index is 12.8. The molecule has 7 nitrogen and oxygen atoms in total. The average molecular weight is 449 g/mol. The van der Waals surface area contributed by atoms with E-state index in [2.05, 4.69) is 22.3 Å². The van der Waals surface area contributed by atoms with Gasteiger partial charge in [0.15, 0.2) is 0 Å². The molecule has 2 fully saturated rings. The first-order chi connectivity index (χ1) is 15.6. The number of carbonyl (C=O) groups excluding carboxylic acids is 2. The van der Waals surface area contributed by atoms with Crippen LogP contribution in [0.4, 0.5) is 0 Å². The summed E-state index contributed by atoms with van der Waals surface area (Å²) in [7, 11) is 0. The molecule has 1 saturated carbocycles. The largest absolute Gasteiger partial charge is 0.483 e. The van der Waals surface area contributed by atoms with Gasteiger partial charge in [0.05, 0.1) is 13.2 Å². The Kier molecular flexibility index (Phi) is 14.0. The van der Waals surface area contributed by atoms with E-state index >= 15 is 0 Å². The second kappa shape index (κ2) is 16.3. The molecule has 3 rings (SSSR count). The fourth-order valence-corrected chi connectivity index (χ4v) is 4.53. The van der Waals surface area contributed by atoms with E-state index in [9.17, 15) is 9.59 Å². The van der Waals surface area contributed by atoms with Crippen LogP contribution in [0.3, 0.4) is 0 Å². The van der Waals surface area contributed by atoms with Crippen LogP contribution in [0.15, 0.2) is 30.3 Å². The van der Waals surface area contributed by atoms with Gasteiger partial charge in [-0.1, -0.05) is 57.0 Å². The number of nitrogens with one attached hydrogen (secondary N) is 1. The Morgan fingerprint density at radius 3 is 2.50 bits per heavy atom. The Morgan fingerprint density at radius 2 is 1.84 bits per heavy atom. The molecule has 0 radical (unpaired) electrons. The summed E-state index contributed by atoms with van der Waals surface area (Å²) >= 11 is 0. The first-order valence-corrected chi connectivity index (χ1v) is 11.9. The molecule has 3 unspecified atom stereocenters.